The van der Waals surface area contributed by atoms with Crippen LogP contribution in [0, 0.1) is 0 Å². The van der Waals surface area contributed by atoms with E-state index in [2.05, 4.69) is 28.6 Å². The monoisotopic (exact) mass is 334 g/mol. The van der Waals surface area contributed by atoms with Crippen molar-refractivity contribution < 1.29 is 8.42 Å². The van der Waals surface area contributed by atoms with E-state index in [9.17, 15) is 8.42 Å². The molecule has 0 saturated carbocycles. The highest BCUT2D eigenvalue weighted by Crippen LogP contribution is 2.22. The maximum absolute atomic E-state index is 12.4. The lowest BCUT2D eigenvalue weighted by molar-refractivity contribution is 0.140. The molecule has 2 aromatic rings. The third-order valence-electron chi connectivity index (χ3n) is 4.20. The molecule has 0 aliphatic carbocycles. The van der Waals surface area contributed by atoms with Crippen LogP contribution in [0.5, 0.6) is 0 Å². The van der Waals surface area contributed by atoms with Crippen LogP contribution in [0.4, 0.5) is 0 Å². The van der Waals surface area contributed by atoms with Crippen LogP contribution < -0.4 is 4.72 Å². The largest absolute Gasteiger partial charge is 0.293 e. The maximum Gasteiger partial charge on any atom is 0.240 e. The molecule has 0 saturated heterocycles. The zero-order valence-corrected chi connectivity index (χ0v) is 14.2. The molecule has 1 atom stereocenters. The van der Waals surface area contributed by atoms with Gasteiger partial charge in [-0.1, -0.05) is 18.2 Å². The molecular weight excluding hydrogens is 312 g/mol. The summed E-state index contributed by atoms with van der Waals surface area (Å²) in [4.78, 5) is 2.62. The van der Waals surface area contributed by atoms with Crippen molar-refractivity contribution in [2.45, 2.75) is 37.4 Å². The Labute approximate surface area is 137 Å². The van der Waals surface area contributed by atoms with E-state index >= 15 is 0 Å². The number of sulfonamides is 1. The number of aromatic nitrogens is 2. The fourth-order valence-corrected chi connectivity index (χ4v) is 3.94. The first-order chi connectivity index (χ1) is 11.0. The van der Waals surface area contributed by atoms with E-state index in [1.807, 2.05) is 10.7 Å². The van der Waals surface area contributed by atoms with Gasteiger partial charge in [-0.25, -0.2) is 13.1 Å². The first-order valence-corrected chi connectivity index (χ1v) is 9.27. The summed E-state index contributed by atoms with van der Waals surface area (Å²) >= 11 is 0. The maximum atomic E-state index is 12.4. The fourth-order valence-electron chi connectivity index (χ4n) is 2.85. The molecule has 0 bridgehead atoms. The van der Waals surface area contributed by atoms with E-state index in [1.54, 1.807) is 36.5 Å². The highest BCUT2D eigenvalue weighted by molar-refractivity contribution is 7.89. The Morgan fingerprint density at radius 3 is 2.70 bits per heavy atom. The summed E-state index contributed by atoms with van der Waals surface area (Å²) in [6, 6.07) is 10.8. The minimum Gasteiger partial charge on any atom is -0.293 e. The van der Waals surface area contributed by atoms with Gasteiger partial charge in [-0.05, 0) is 32.0 Å². The summed E-state index contributed by atoms with van der Waals surface area (Å²) in [6.45, 7) is 6.26. The Hall–Kier alpha value is -1.70. The SMILES string of the molecule is CC(C)N1Cc2ccnn2[C@@H](CNS(=O)(=O)c2ccccc2)C1. The van der Waals surface area contributed by atoms with Crippen molar-refractivity contribution >= 4 is 10.0 Å². The van der Waals surface area contributed by atoms with Crippen molar-refractivity contribution in [3.8, 4) is 0 Å². The molecule has 1 N–H and O–H groups in total. The van der Waals surface area contributed by atoms with Crippen LogP contribution in [0.1, 0.15) is 25.6 Å². The van der Waals surface area contributed by atoms with E-state index in [4.69, 9.17) is 0 Å². The fraction of sp³-hybridized carbons (Fsp3) is 0.438. The molecule has 0 spiro atoms. The predicted molar refractivity (Wildman–Crippen MR) is 88.4 cm³/mol. The average molecular weight is 334 g/mol. The van der Waals surface area contributed by atoms with Gasteiger partial charge in [0.25, 0.3) is 0 Å². The van der Waals surface area contributed by atoms with E-state index in [0.717, 1.165) is 18.8 Å². The lowest BCUT2D eigenvalue weighted by Gasteiger charge is -2.36. The van der Waals surface area contributed by atoms with Gasteiger partial charge >= 0.3 is 0 Å². The van der Waals surface area contributed by atoms with Crippen LogP contribution in [0.15, 0.2) is 47.5 Å². The van der Waals surface area contributed by atoms with Gasteiger partial charge in [-0.3, -0.25) is 9.58 Å². The van der Waals surface area contributed by atoms with Gasteiger partial charge < -0.3 is 0 Å². The molecule has 23 heavy (non-hydrogen) atoms. The number of benzene rings is 1. The molecule has 1 aromatic carbocycles. The Morgan fingerprint density at radius 2 is 2.00 bits per heavy atom. The molecule has 0 amide bonds. The highest BCUT2D eigenvalue weighted by atomic mass is 32.2. The molecule has 6 nitrogen and oxygen atoms in total. The minimum atomic E-state index is -3.49. The Morgan fingerprint density at radius 1 is 1.26 bits per heavy atom. The van der Waals surface area contributed by atoms with Crippen molar-refractivity contribution in [2.24, 2.45) is 0 Å². The lowest BCUT2D eigenvalue weighted by atomic mass is 10.1. The van der Waals surface area contributed by atoms with E-state index in [-0.39, 0.29) is 10.9 Å². The molecule has 124 valence electrons. The number of fused-ring (bicyclic) bond motifs is 1. The quantitative estimate of drug-likeness (QED) is 0.902. The van der Waals surface area contributed by atoms with Crippen molar-refractivity contribution in [2.75, 3.05) is 13.1 Å². The molecule has 7 heteroatoms. The summed E-state index contributed by atoms with van der Waals surface area (Å²) in [6.07, 6.45) is 1.78. The van der Waals surface area contributed by atoms with E-state index in [0.29, 0.717) is 12.6 Å². The zero-order chi connectivity index (χ0) is 16.4. The molecule has 0 fully saturated rings. The smallest absolute Gasteiger partial charge is 0.240 e. The molecule has 2 heterocycles. The van der Waals surface area contributed by atoms with Gasteiger partial charge in [0.2, 0.25) is 10.0 Å². The number of nitrogens with one attached hydrogen (secondary N) is 1. The van der Waals surface area contributed by atoms with Crippen LogP contribution in [0.3, 0.4) is 0 Å². The summed E-state index contributed by atoms with van der Waals surface area (Å²) in [5.41, 5.74) is 1.12. The topological polar surface area (TPSA) is 67.2 Å². The van der Waals surface area contributed by atoms with Crippen LogP contribution in [0.25, 0.3) is 0 Å². The Balaban J connectivity index is 1.75. The average Bonchev–Trinajstić information content (AvgIpc) is 3.02. The number of hydrogen-bond donors (Lipinski definition) is 1. The number of rotatable bonds is 5. The summed E-state index contributed by atoms with van der Waals surface area (Å²) in [5.74, 6) is 0. The highest BCUT2D eigenvalue weighted by Gasteiger charge is 2.28. The van der Waals surface area contributed by atoms with Gasteiger partial charge in [0.15, 0.2) is 0 Å². The zero-order valence-electron chi connectivity index (χ0n) is 13.4. The standard InChI is InChI=1S/C16H22N4O2S/c1-13(2)19-11-14-8-9-17-20(14)15(12-19)10-18-23(21,22)16-6-4-3-5-7-16/h3-9,13,15,18H,10-12H2,1-2H3/t15-/m0/s1. The summed E-state index contributed by atoms with van der Waals surface area (Å²) in [5, 5.41) is 4.36. The van der Waals surface area contributed by atoms with Crippen molar-refractivity contribution in [1.82, 2.24) is 19.4 Å². The lowest BCUT2D eigenvalue weighted by Crippen LogP contribution is -2.45. The second kappa shape index (κ2) is 6.43. The van der Waals surface area contributed by atoms with Crippen molar-refractivity contribution in [3.05, 3.63) is 48.3 Å². The molecule has 1 aliphatic heterocycles. The first kappa shape index (κ1) is 16.2. The molecule has 1 aliphatic rings. The molecule has 3 rings (SSSR count). The Bertz CT molecular complexity index is 755. The minimum absolute atomic E-state index is 0.00497. The predicted octanol–water partition coefficient (Wildman–Crippen LogP) is 1.63. The Kier molecular flexibility index (Phi) is 4.52. The van der Waals surface area contributed by atoms with Crippen LogP contribution >= 0.6 is 0 Å². The molecule has 0 radical (unpaired) electrons. The van der Waals surface area contributed by atoms with Gasteiger partial charge in [0, 0.05) is 31.9 Å². The van der Waals surface area contributed by atoms with Crippen LogP contribution in [-0.4, -0.2) is 42.2 Å². The van der Waals surface area contributed by atoms with Gasteiger partial charge in [0.1, 0.15) is 0 Å². The normalized spacial score (nSPS) is 19.0. The first-order valence-electron chi connectivity index (χ1n) is 7.78. The molecule has 0 unspecified atom stereocenters. The molecular formula is C16H22N4O2S. The number of hydrogen-bond acceptors (Lipinski definition) is 4. The summed E-state index contributed by atoms with van der Waals surface area (Å²) in [7, 11) is -3.49. The molecule has 1 aromatic heterocycles. The van der Waals surface area contributed by atoms with Crippen molar-refractivity contribution in [1.29, 1.82) is 0 Å². The van der Waals surface area contributed by atoms with Gasteiger partial charge in [-0.2, -0.15) is 5.10 Å². The third-order valence-corrected chi connectivity index (χ3v) is 5.64. The number of nitrogens with zero attached hydrogens (tertiary/aromatic N) is 3. The van der Waals surface area contributed by atoms with E-state index < -0.39 is 10.0 Å². The van der Waals surface area contributed by atoms with Gasteiger partial charge in [-0.15, -0.1) is 0 Å². The second-order valence-corrected chi connectivity index (χ2v) is 7.88. The second-order valence-electron chi connectivity index (χ2n) is 6.11. The van der Waals surface area contributed by atoms with Crippen molar-refractivity contribution in [3.63, 3.8) is 0 Å². The van der Waals surface area contributed by atoms with Crippen LogP contribution in [0.2, 0.25) is 0 Å². The third kappa shape index (κ3) is 3.46. The van der Waals surface area contributed by atoms with Crippen LogP contribution in [-0.2, 0) is 16.6 Å². The van der Waals surface area contributed by atoms with Gasteiger partial charge in [0.05, 0.1) is 16.6 Å². The summed E-state index contributed by atoms with van der Waals surface area (Å²) < 4.78 is 29.4. The van der Waals surface area contributed by atoms with E-state index in [1.165, 1.54) is 0 Å².